The number of ether oxygens (including phenoxy) is 1. The van der Waals surface area contributed by atoms with Gasteiger partial charge in [0.25, 0.3) is 0 Å². The van der Waals surface area contributed by atoms with Gasteiger partial charge in [-0.05, 0) is 18.1 Å². The zero-order chi connectivity index (χ0) is 11.1. The number of nitrogens with one attached hydrogen (secondary N) is 1. The molecule has 15 heavy (non-hydrogen) atoms. The van der Waals surface area contributed by atoms with E-state index in [9.17, 15) is 4.79 Å². The lowest BCUT2D eigenvalue weighted by atomic mass is 10.1. The second-order valence-electron chi connectivity index (χ2n) is 2.92. The average Bonchev–Trinajstić information content (AvgIpc) is 2.27. The minimum atomic E-state index is -0.520. The molecule has 0 heterocycles. The summed E-state index contributed by atoms with van der Waals surface area (Å²) < 4.78 is 4.71. The van der Waals surface area contributed by atoms with E-state index in [1.54, 1.807) is 0 Å². The number of amides is 1. The van der Waals surface area contributed by atoms with Gasteiger partial charge in [0.05, 0.1) is 0 Å². The summed E-state index contributed by atoms with van der Waals surface area (Å²) in [6, 6.07) is 7.57. The van der Waals surface area contributed by atoms with Crippen molar-refractivity contribution in [3.63, 3.8) is 0 Å². The van der Waals surface area contributed by atoms with Crippen LogP contribution in [0.1, 0.15) is 12.5 Å². The molecule has 0 aromatic heterocycles. The average molecular weight is 203 g/mol. The number of carbonyl (C=O) groups is 1. The minimum absolute atomic E-state index is 0.0138. The maximum absolute atomic E-state index is 11.2. The molecule has 1 amide bonds. The Balaban J connectivity index is 2.64. The third-order valence-electron chi connectivity index (χ3n) is 1.92. The van der Waals surface area contributed by atoms with Crippen molar-refractivity contribution in [1.29, 1.82) is 0 Å². The minimum Gasteiger partial charge on any atom is -0.436 e. The van der Waals surface area contributed by atoms with Gasteiger partial charge in [0, 0.05) is 5.69 Å². The zero-order valence-electron chi connectivity index (χ0n) is 8.62. The predicted molar refractivity (Wildman–Crippen MR) is 59.6 cm³/mol. The first kappa shape index (κ1) is 11.1. The molecule has 0 atom stereocenters. The molecule has 0 saturated carbocycles. The van der Waals surface area contributed by atoms with E-state index in [-0.39, 0.29) is 6.61 Å². The number of hydrogen-bond donors (Lipinski definition) is 1. The monoisotopic (exact) mass is 203 g/mol. The molecule has 0 aliphatic heterocycles. The molecule has 0 fully saturated rings. The van der Waals surface area contributed by atoms with Gasteiger partial charge in [-0.15, -0.1) is 6.42 Å². The quantitative estimate of drug-likeness (QED) is 0.766. The third-order valence-corrected chi connectivity index (χ3v) is 1.92. The van der Waals surface area contributed by atoms with Crippen molar-refractivity contribution in [2.45, 2.75) is 13.3 Å². The van der Waals surface area contributed by atoms with Gasteiger partial charge in [-0.1, -0.05) is 31.0 Å². The lowest BCUT2D eigenvalue weighted by Crippen LogP contribution is -2.14. The van der Waals surface area contributed by atoms with Crippen LogP contribution in [0.4, 0.5) is 10.5 Å². The van der Waals surface area contributed by atoms with E-state index in [0.29, 0.717) is 0 Å². The smallest absolute Gasteiger partial charge is 0.412 e. The van der Waals surface area contributed by atoms with Crippen LogP contribution in [0, 0.1) is 12.3 Å². The molecule has 1 aromatic rings. The molecule has 0 unspecified atom stereocenters. The third kappa shape index (κ3) is 3.35. The van der Waals surface area contributed by atoms with Crippen molar-refractivity contribution in [1.82, 2.24) is 0 Å². The molecule has 0 aliphatic rings. The Labute approximate surface area is 89.4 Å². The van der Waals surface area contributed by atoms with Crippen LogP contribution in [-0.2, 0) is 11.2 Å². The zero-order valence-corrected chi connectivity index (χ0v) is 8.62. The van der Waals surface area contributed by atoms with Gasteiger partial charge in [0.15, 0.2) is 6.61 Å². The highest BCUT2D eigenvalue weighted by molar-refractivity contribution is 5.85. The highest BCUT2D eigenvalue weighted by atomic mass is 16.5. The van der Waals surface area contributed by atoms with E-state index >= 15 is 0 Å². The lowest BCUT2D eigenvalue weighted by Gasteiger charge is -2.08. The van der Waals surface area contributed by atoms with Gasteiger partial charge >= 0.3 is 6.09 Å². The number of benzene rings is 1. The maximum Gasteiger partial charge on any atom is 0.412 e. The van der Waals surface area contributed by atoms with Crippen molar-refractivity contribution in [2.24, 2.45) is 0 Å². The summed E-state index contributed by atoms with van der Waals surface area (Å²) >= 11 is 0. The summed E-state index contributed by atoms with van der Waals surface area (Å²) in [4.78, 5) is 11.2. The SMILES string of the molecule is C#CCOC(=O)Nc1ccccc1CC. The Hall–Kier alpha value is -1.95. The second-order valence-corrected chi connectivity index (χ2v) is 2.92. The van der Waals surface area contributed by atoms with Crippen LogP contribution in [0.2, 0.25) is 0 Å². The van der Waals surface area contributed by atoms with Gasteiger partial charge in [-0.2, -0.15) is 0 Å². The molecule has 3 nitrogen and oxygen atoms in total. The van der Waals surface area contributed by atoms with Gasteiger partial charge < -0.3 is 4.74 Å². The van der Waals surface area contributed by atoms with Crippen LogP contribution in [0.5, 0.6) is 0 Å². The molecule has 78 valence electrons. The topological polar surface area (TPSA) is 38.3 Å². The Morgan fingerprint density at radius 3 is 2.93 bits per heavy atom. The van der Waals surface area contributed by atoms with Crippen molar-refractivity contribution < 1.29 is 9.53 Å². The molecule has 0 spiro atoms. The molecule has 0 radical (unpaired) electrons. The molecule has 3 heteroatoms. The predicted octanol–water partition coefficient (Wildman–Crippen LogP) is 2.43. The summed E-state index contributed by atoms with van der Waals surface area (Å²) in [7, 11) is 0. The van der Waals surface area contributed by atoms with Crippen LogP contribution < -0.4 is 5.32 Å². The molecule has 1 aromatic carbocycles. The van der Waals surface area contributed by atoms with Gasteiger partial charge in [-0.25, -0.2) is 4.79 Å². The van der Waals surface area contributed by atoms with E-state index in [1.807, 2.05) is 31.2 Å². The molecular formula is C12H13NO2. The van der Waals surface area contributed by atoms with Gasteiger partial charge in [0.2, 0.25) is 0 Å². The standard InChI is InChI=1S/C12H13NO2/c1-3-9-15-12(14)13-11-8-6-5-7-10(11)4-2/h1,5-8H,4,9H2,2H3,(H,13,14). The summed E-state index contributed by atoms with van der Waals surface area (Å²) in [5.74, 6) is 2.23. The van der Waals surface area contributed by atoms with Crippen molar-refractivity contribution in [2.75, 3.05) is 11.9 Å². The lowest BCUT2D eigenvalue weighted by molar-refractivity contribution is 0.176. The largest absolute Gasteiger partial charge is 0.436 e. The number of aryl methyl sites for hydroxylation is 1. The highest BCUT2D eigenvalue weighted by Gasteiger charge is 2.04. The number of para-hydroxylation sites is 1. The summed E-state index contributed by atoms with van der Waals surface area (Å²) in [5.41, 5.74) is 1.83. The fourth-order valence-electron chi connectivity index (χ4n) is 1.20. The number of hydrogen-bond acceptors (Lipinski definition) is 2. The summed E-state index contributed by atoms with van der Waals surface area (Å²) in [5, 5.41) is 2.64. The fraction of sp³-hybridized carbons (Fsp3) is 0.250. The van der Waals surface area contributed by atoms with E-state index in [4.69, 9.17) is 11.2 Å². The van der Waals surface area contributed by atoms with E-state index < -0.39 is 6.09 Å². The van der Waals surface area contributed by atoms with Crippen molar-refractivity contribution >= 4 is 11.8 Å². The normalized spacial score (nSPS) is 9.07. The first-order valence-electron chi connectivity index (χ1n) is 4.73. The molecule has 0 saturated heterocycles. The molecule has 0 aliphatic carbocycles. The molecular weight excluding hydrogens is 190 g/mol. The van der Waals surface area contributed by atoms with Crippen LogP contribution in [0.3, 0.4) is 0 Å². The summed E-state index contributed by atoms with van der Waals surface area (Å²) in [6.45, 7) is 2.01. The molecule has 1 N–H and O–H groups in total. The number of rotatable bonds is 3. The van der Waals surface area contributed by atoms with Crippen LogP contribution in [-0.4, -0.2) is 12.7 Å². The number of carbonyl (C=O) groups excluding carboxylic acids is 1. The van der Waals surface area contributed by atoms with Crippen LogP contribution >= 0.6 is 0 Å². The Kier molecular flexibility index (Phi) is 4.24. The van der Waals surface area contributed by atoms with Crippen LogP contribution in [0.15, 0.2) is 24.3 Å². The maximum atomic E-state index is 11.2. The molecule has 1 rings (SSSR count). The summed E-state index contributed by atoms with van der Waals surface area (Å²) in [6.07, 6.45) is 5.30. The van der Waals surface area contributed by atoms with Gasteiger partial charge in [-0.3, -0.25) is 5.32 Å². The highest BCUT2D eigenvalue weighted by Crippen LogP contribution is 2.15. The number of anilines is 1. The van der Waals surface area contributed by atoms with E-state index in [0.717, 1.165) is 17.7 Å². The Morgan fingerprint density at radius 1 is 1.53 bits per heavy atom. The first-order valence-corrected chi connectivity index (χ1v) is 4.73. The molecule has 0 bridgehead atoms. The van der Waals surface area contributed by atoms with E-state index in [1.165, 1.54) is 0 Å². The fourth-order valence-corrected chi connectivity index (χ4v) is 1.20. The van der Waals surface area contributed by atoms with Crippen molar-refractivity contribution in [3.05, 3.63) is 29.8 Å². The van der Waals surface area contributed by atoms with Gasteiger partial charge in [0.1, 0.15) is 0 Å². The van der Waals surface area contributed by atoms with Crippen LogP contribution in [0.25, 0.3) is 0 Å². The Bertz CT molecular complexity index is 379. The first-order chi connectivity index (χ1) is 7.27. The van der Waals surface area contributed by atoms with Crippen molar-refractivity contribution in [3.8, 4) is 12.3 Å². The number of terminal acetylenes is 1. The second kappa shape index (κ2) is 5.71. The Morgan fingerprint density at radius 2 is 2.27 bits per heavy atom. The van der Waals surface area contributed by atoms with E-state index in [2.05, 4.69) is 11.2 Å².